The first-order valence-electron chi connectivity index (χ1n) is 9.67. The average Bonchev–Trinajstić information content (AvgIpc) is 3.04. The minimum Gasteiger partial charge on any atom is -0.466 e. The van der Waals surface area contributed by atoms with E-state index < -0.39 is 0 Å². The van der Waals surface area contributed by atoms with Gasteiger partial charge in [-0.25, -0.2) is 9.50 Å². The quantitative estimate of drug-likeness (QED) is 0.478. The van der Waals surface area contributed by atoms with Crippen LogP contribution in [0.2, 0.25) is 0 Å². The lowest BCUT2D eigenvalue weighted by atomic mass is 10.1. The third-order valence-electron chi connectivity index (χ3n) is 4.81. The van der Waals surface area contributed by atoms with Crippen LogP contribution in [0.25, 0.3) is 16.6 Å². The van der Waals surface area contributed by atoms with Gasteiger partial charge in [-0.2, -0.15) is 5.10 Å². The Bertz CT molecular complexity index is 1010. The van der Waals surface area contributed by atoms with Crippen molar-refractivity contribution in [3.05, 3.63) is 41.2 Å². The Labute approximate surface area is 164 Å². The zero-order valence-corrected chi connectivity index (χ0v) is 16.6. The maximum absolute atomic E-state index is 12.1. The summed E-state index contributed by atoms with van der Waals surface area (Å²) in [6, 6.07) is 7.94. The van der Waals surface area contributed by atoms with E-state index in [-0.39, 0.29) is 11.9 Å². The van der Waals surface area contributed by atoms with Crippen molar-refractivity contribution in [2.45, 2.75) is 46.5 Å². The van der Waals surface area contributed by atoms with Crippen LogP contribution in [0.5, 0.6) is 0 Å². The average molecular weight is 382 g/mol. The van der Waals surface area contributed by atoms with Crippen LogP contribution in [0.4, 0.5) is 0 Å². The van der Waals surface area contributed by atoms with Gasteiger partial charge in [-0.15, -0.1) is 0 Å². The number of amides is 1. The number of rotatable bonds is 8. The van der Waals surface area contributed by atoms with Gasteiger partial charge in [-0.05, 0) is 51.3 Å². The smallest absolute Gasteiger partial charge is 0.305 e. The van der Waals surface area contributed by atoms with E-state index in [2.05, 4.69) is 10.4 Å². The van der Waals surface area contributed by atoms with Crippen LogP contribution in [-0.2, 0) is 20.7 Å². The summed E-state index contributed by atoms with van der Waals surface area (Å²) in [5.74, 6) is -0.262. The number of ether oxygens (including phenoxy) is 1. The fraction of sp³-hybridized carbons (Fsp3) is 0.429. The number of nitrogens with zero attached hydrogens (tertiary/aromatic N) is 3. The molecule has 1 N–H and O–H groups in total. The number of fused-ring (bicyclic) bond motifs is 3. The first kappa shape index (κ1) is 19.8. The van der Waals surface area contributed by atoms with E-state index in [1.54, 1.807) is 6.92 Å². The lowest BCUT2D eigenvalue weighted by Crippen LogP contribution is -2.25. The number of nitrogens with one attached hydrogen (secondary N) is 1. The maximum Gasteiger partial charge on any atom is 0.305 e. The Kier molecular flexibility index (Phi) is 6.23. The summed E-state index contributed by atoms with van der Waals surface area (Å²) in [7, 11) is 0. The number of benzene rings is 1. The zero-order chi connectivity index (χ0) is 20.1. The van der Waals surface area contributed by atoms with Crippen LogP contribution in [0.3, 0.4) is 0 Å². The molecule has 7 heteroatoms. The second kappa shape index (κ2) is 8.82. The Morgan fingerprint density at radius 3 is 2.75 bits per heavy atom. The Balaban J connectivity index is 1.62. The molecule has 0 saturated heterocycles. The SMILES string of the molecule is CCOC(=O)CCCNC(=O)CCc1c(C)nc2c3ccccc3nn2c1C. The number of carbonyl (C=O) groups is 2. The summed E-state index contributed by atoms with van der Waals surface area (Å²) in [6.07, 6.45) is 1.87. The topological polar surface area (TPSA) is 85.6 Å². The Hall–Kier alpha value is -2.96. The maximum atomic E-state index is 12.1. The van der Waals surface area contributed by atoms with Crippen molar-refractivity contribution < 1.29 is 14.3 Å². The summed E-state index contributed by atoms with van der Waals surface area (Å²) in [6.45, 7) is 6.62. The molecule has 0 bridgehead atoms. The minimum atomic E-state index is -0.228. The molecule has 2 aromatic heterocycles. The molecule has 3 aromatic rings. The highest BCUT2D eigenvalue weighted by Crippen LogP contribution is 2.22. The van der Waals surface area contributed by atoms with Crippen molar-refractivity contribution in [3.63, 3.8) is 0 Å². The van der Waals surface area contributed by atoms with Gasteiger partial charge in [0.05, 0.1) is 12.1 Å². The zero-order valence-electron chi connectivity index (χ0n) is 16.6. The lowest BCUT2D eigenvalue weighted by molar-refractivity contribution is -0.143. The van der Waals surface area contributed by atoms with Gasteiger partial charge in [0.2, 0.25) is 5.91 Å². The molecule has 0 aliphatic rings. The van der Waals surface area contributed by atoms with Gasteiger partial charge >= 0.3 is 5.97 Å². The number of aryl methyl sites for hydroxylation is 2. The Morgan fingerprint density at radius 2 is 1.96 bits per heavy atom. The van der Waals surface area contributed by atoms with Crippen molar-refractivity contribution in [3.8, 4) is 0 Å². The number of hydrogen-bond donors (Lipinski definition) is 1. The van der Waals surface area contributed by atoms with Crippen molar-refractivity contribution >= 4 is 28.4 Å². The Morgan fingerprint density at radius 1 is 1.18 bits per heavy atom. The van der Waals surface area contributed by atoms with Gasteiger partial charge in [0.25, 0.3) is 0 Å². The molecule has 148 valence electrons. The fourth-order valence-electron chi connectivity index (χ4n) is 3.36. The van der Waals surface area contributed by atoms with Crippen LogP contribution in [-0.4, -0.2) is 39.6 Å². The van der Waals surface area contributed by atoms with Gasteiger partial charge < -0.3 is 10.1 Å². The van der Waals surface area contributed by atoms with E-state index in [1.807, 2.05) is 42.6 Å². The van der Waals surface area contributed by atoms with Gasteiger partial charge in [0.1, 0.15) is 0 Å². The largest absolute Gasteiger partial charge is 0.466 e. The van der Waals surface area contributed by atoms with Crippen LogP contribution < -0.4 is 5.32 Å². The van der Waals surface area contributed by atoms with E-state index >= 15 is 0 Å². The predicted octanol–water partition coefficient (Wildman–Crippen LogP) is 2.89. The molecule has 0 aliphatic heterocycles. The number of esters is 1. The van der Waals surface area contributed by atoms with Crippen LogP contribution in [0, 0.1) is 13.8 Å². The third-order valence-corrected chi connectivity index (χ3v) is 4.81. The molecule has 1 amide bonds. The van der Waals surface area contributed by atoms with Gasteiger partial charge in [0.15, 0.2) is 5.65 Å². The molecule has 1 aromatic carbocycles. The molecule has 0 saturated carbocycles. The van der Waals surface area contributed by atoms with Crippen molar-refractivity contribution in [2.24, 2.45) is 0 Å². The molecular weight excluding hydrogens is 356 g/mol. The molecule has 3 rings (SSSR count). The van der Waals surface area contributed by atoms with Crippen LogP contribution in [0.15, 0.2) is 24.3 Å². The standard InChI is InChI=1S/C21H26N4O3/c1-4-28-20(27)10-7-13-22-19(26)12-11-16-14(2)23-21-17-8-5-6-9-18(17)24-25(21)15(16)3/h5-6,8-9H,4,7,10-13H2,1-3H3,(H,22,26). The third kappa shape index (κ3) is 4.30. The summed E-state index contributed by atoms with van der Waals surface area (Å²) in [5.41, 5.74) is 4.73. The summed E-state index contributed by atoms with van der Waals surface area (Å²) >= 11 is 0. The van der Waals surface area contributed by atoms with Crippen molar-refractivity contribution in [1.82, 2.24) is 19.9 Å². The van der Waals surface area contributed by atoms with E-state index in [0.717, 1.165) is 33.5 Å². The molecule has 0 fully saturated rings. The summed E-state index contributed by atoms with van der Waals surface area (Å²) in [5, 5.41) is 8.53. The minimum absolute atomic E-state index is 0.0339. The van der Waals surface area contributed by atoms with Gasteiger partial charge in [0, 0.05) is 36.2 Å². The van der Waals surface area contributed by atoms with Gasteiger partial charge in [-0.1, -0.05) is 12.1 Å². The number of aromatic nitrogens is 3. The van der Waals surface area contributed by atoms with E-state index in [1.165, 1.54) is 0 Å². The molecule has 28 heavy (non-hydrogen) atoms. The van der Waals surface area contributed by atoms with Crippen LogP contribution in [0.1, 0.15) is 43.1 Å². The summed E-state index contributed by atoms with van der Waals surface area (Å²) in [4.78, 5) is 28.2. The molecule has 2 heterocycles. The number of hydrogen-bond acceptors (Lipinski definition) is 5. The monoisotopic (exact) mass is 382 g/mol. The fourth-order valence-corrected chi connectivity index (χ4v) is 3.36. The van der Waals surface area contributed by atoms with E-state index in [9.17, 15) is 9.59 Å². The van der Waals surface area contributed by atoms with E-state index in [4.69, 9.17) is 9.72 Å². The second-order valence-corrected chi connectivity index (χ2v) is 6.77. The first-order chi connectivity index (χ1) is 13.5. The molecule has 0 aliphatic carbocycles. The highest BCUT2D eigenvalue weighted by molar-refractivity contribution is 5.92. The van der Waals surface area contributed by atoms with Crippen molar-refractivity contribution in [2.75, 3.05) is 13.2 Å². The van der Waals surface area contributed by atoms with E-state index in [0.29, 0.717) is 38.8 Å². The van der Waals surface area contributed by atoms with Gasteiger partial charge in [-0.3, -0.25) is 9.59 Å². The first-order valence-corrected chi connectivity index (χ1v) is 9.67. The second-order valence-electron chi connectivity index (χ2n) is 6.77. The molecule has 0 radical (unpaired) electrons. The molecular formula is C21H26N4O3. The number of carbonyl (C=O) groups excluding carboxylic acids is 2. The van der Waals surface area contributed by atoms with Crippen LogP contribution >= 0.6 is 0 Å². The highest BCUT2D eigenvalue weighted by atomic mass is 16.5. The molecule has 0 atom stereocenters. The van der Waals surface area contributed by atoms with Crippen molar-refractivity contribution in [1.29, 1.82) is 0 Å². The lowest BCUT2D eigenvalue weighted by Gasteiger charge is -2.11. The summed E-state index contributed by atoms with van der Waals surface area (Å²) < 4.78 is 6.74. The highest BCUT2D eigenvalue weighted by Gasteiger charge is 2.14. The normalized spacial score (nSPS) is 11.1. The molecule has 0 spiro atoms. The predicted molar refractivity (Wildman–Crippen MR) is 107 cm³/mol. The molecule has 0 unspecified atom stereocenters. The molecule has 7 nitrogen and oxygen atoms in total.